The van der Waals surface area contributed by atoms with Gasteiger partial charge in [0.1, 0.15) is 49.4 Å². The van der Waals surface area contributed by atoms with E-state index in [2.05, 4.69) is 13.2 Å². The molecule has 0 aliphatic carbocycles. The number of carbonyl (C=O) groups excluding carboxylic acids is 4. The predicted molar refractivity (Wildman–Crippen MR) is 162 cm³/mol. The largest absolute Gasteiger partial charge is 0.490 e. The summed E-state index contributed by atoms with van der Waals surface area (Å²) in [6, 6.07) is 17.9. The quantitative estimate of drug-likeness (QED) is 0.0964. The van der Waals surface area contributed by atoms with Crippen LogP contribution in [0.3, 0.4) is 0 Å². The Bertz CT molecular complexity index is 1520. The van der Waals surface area contributed by atoms with E-state index in [0.717, 1.165) is 11.6 Å². The number of esters is 4. The topological polar surface area (TPSA) is 124 Å². The number of carbonyl (C=O) groups is 4. The third kappa shape index (κ3) is 11.0. The van der Waals surface area contributed by atoms with Crippen molar-refractivity contribution < 1.29 is 47.6 Å². The van der Waals surface area contributed by atoms with Gasteiger partial charge in [0.25, 0.3) is 0 Å². The summed E-state index contributed by atoms with van der Waals surface area (Å²) in [5.41, 5.74) is 1.95. The normalized spacial score (nSPS) is 10.4. The van der Waals surface area contributed by atoms with Crippen LogP contribution in [0, 0.1) is 6.92 Å². The SMILES string of the molecule is C=CC(=O)OCCOc1ccc(/C=C/C(=O)Oc2ccc(OC(=O)c3ccc(OCCOC(=O)C(=C)C)cc3)cc2C)cc1. The fraction of sp³-hybridized carbons (Fsp3) is 0.176. The summed E-state index contributed by atoms with van der Waals surface area (Å²) in [4.78, 5) is 47.4. The monoisotopic (exact) mass is 600 g/mol. The predicted octanol–water partition coefficient (Wildman–Crippen LogP) is 5.44. The van der Waals surface area contributed by atoms with Crippen LogP contribution in [-0.4, -0.2) is 50.3 Å². The highest BCUT2D eigenvalue weighted by molar-refractivity contribution is 5.91. The first-order valence-electron chi connectivity index (χ1n) is 13.4. The van der Waals surface area contributed by atoms with Crippen LogP contribution in [0.4, 0.5) is 0 Å². The Morgan fingerprint density at radius 2 is 1.32 bits per heavy atom. The second kappa shape index (κ2) is 16.7. The molecule has 0 fully saturated rings. The van der Waals surface area contributed by atoms with Crippen LogP contribution in [-0.2, 0) is 23.9 Å². The minimum absolute atomic E-state index is 0.0698. The summed E-state index contributed by atoms with van der Waals surface area (Å²) >= 11 is 0. The summed E-state index contributed by atoms with van der Waals surface area (Å²) < 4.78 is 31.7. The molecule has 3 rings (SSSR count). The van der Waals surface area contributed by atoms with Gasteiger partial charge in [-0.25, -0.2) is 19.2 Å². The number of rotatable bonds is 15. The van der Waals surface area contributed by atoms with Gasteiger partial charge in [0.05, 0.1) is 5.56 Å². The number of hydrogen-bond donors (Lipinski definition) is 0. The van der Waals surface area contributed by atoms with Crippen LogP contribution in [0.1, 0.15) is 28.4 Å². The van der Waals surface area contributed by atoms with Gasteiger partial charge in [0.2, 0.25) is 0 Å². The lowest BCUT2D eigenvalue weighted by Gasteiger charge is -2.10. The molecule has 0 unspecified atom stereocenters. The van der Waals surface area contributed by atoms with Crippen molar-refractivity contribution in [2.75, 3.05) is 26.4 Å². The van der Waals surface area contributed by atoms with E-state index in [1.54, 1.807) is 80.6 Å². The Balaban J connectivity index is 1.45. The molecule has 10 heteroatoms. The Kier molecular flexibility index (Phi) is 12.5. The summed E-state index contributed by atoms with van der Waals surface area (Å²) in [5.74, 6) is -0.489. The molecule has 0 bridgehead atoms. The fourth-order valence-corrected chi connectivity index (χ4v) is 3.41. The van der Waals surface area contributed by atoms with E-state index < -0.39 is 23.9 Å². The lowest BCUT2D eigenvalue weighted by atomic mass is 10.2. The number of benzene rings is 3. The van der Waals surface area contributed by atoms with Crippen LogP contribution >= 0.6 is 0 Å². The molecule has 44 heavy (non-hydrogen) atoms. The van der Waals surface area contributed by atoms with Gasteiger partial charge >= 0.3 is 23.9 Å². The lowest BCUT2D eigenvalue weighted by molar-refractivity contribution is -0.140. The van der Waals surface area contributed by atoms with Gasteiger partial charge < -0.3 is 28.4 Å². The summed E-state index contributed by atoms with van der Waals surface area (Å²) in [5, 5.41) is 0. The van der Waals surface area contributed by atoms with Crippen LogP contribution in [0.15, 0.2) is 97.6 Å². The summed E-state index contributed by atoms with van der Waals surface area (Å²) in [7, 11) is 0. The third-order valence-electron chi connectivity index (χ3n) is 5.65. The second-order valence-electron chi connectivity index (χ2n) is 9.15. The van der Waals surface area contributed by atoms with Gasteiger partial charge in [-0.2, -0.15) is 0 Å². The lowest BCUT2D eigenvalue weighted by Crippen LogP contribution is -2.12. The molecule has 3 aromatic rings. The Morgan fingerprint density at radius 3 is 1.91 bits per heavy atom. The van der Waals surface area contributed by atoms with Crippen molar-refractivity contribution in [1.29, 1.82) is 0 Å². The molecule has 10 nitrogen and oxygen atoms in total. The van der Waals surface area contributed by atoms with Gasteiger partial charge in [-0.05, 0) is 85.6 Å². The molecular formula is C34H32O10. The van der Waals surface area contributed by atoms with Crippen LogP contribution in [0.2, 0.25) is 0 Å². The average Bonchev–Trinajstić information content (AvgIpc) is 3.02. The molecule has 0 aliphatic heterocycles. The number of ether oxygens (including phenoxy) is 6. The molecule has 0 amide bonds. The highest BCUT2D eigenvalue weighted by Crippen LogP contribution is 2.25. The maximum absolute atomic E-state index is 12.6. The van der Waals surface area contributed by atoms with Gasteiger partial charge in [-0.3, -0.25) is 0 Å². The molecule has 0 N–H and O–H groups in total. The molecule has 3 aromatic carbocycles. The number of hydrogen-bond acceptors (Lipinski definition) is 10. The first-order chi connectivity index (χ1) is 21.1. The zero-order valence-corrected chi connectivity index (χ0v) is 24.4. The molecule has 228 valence electrons. The van der Waals surface area contributed by atoms with E-state index in [0.29, 0.717) is 33.9 Å². The number of aryl methyl sites for hydroxylation is 1. The third-order valence-corrected chi connectivity index (χ3v) is 5.65. The van der Waals surface area contributed by atoms with Crippen LogP contribution in [0.25, 0.3) is 6.08 Å². The maximum Gasteiger partial charge on any atom is 0.343 e. The molecule has 0 heterocycles. The summed E-state index contributed by atoms with van der Waals surface area (Å²) in [6.07, 6.45) is 3.97. The Labute approximate surface area is 255 Å². The maximum atomic E-state index is 12.6. The van der Waals surface area contributed by atoms with E-state index in [1.165, 1.54) is 12.1 Å². The molecule has 0 saturated carbocycles. The smallest absolute Gasteiger partial charge is 0.343 e. The van der Waals surface area contributed by atoms with E-state index in [9.17, 15) is 19.2 Å². The van der Waals surface area contributed by atoms with Crippen molar-refractivity contribution in [1.82, 2.24) is 0 Å². The summed E-state index contributed by atoms with van der Waals surface area (Å²) in [6.45, 7) is 10.6. The van der Waals surface area contributed by atoms with Crippen molar-refractivity contribution in [3.63, 3.8) is 0 Å². The minimum atomic E-state index is -0.585. The fourth-order valence-electron chi connectivity index (χ4n) is 3.41. The van der Waals surface area contributed by atoms with Crippen LogP contribution < -0.4 is 18.9 Å². The van der Waals surface area contributed by atoms with E-state index >= 15 is 0 Å². The average molecular weight is 601 g/mol. The first kappa shape index (κ1) is 32.9. The van der Waals surface area contributed by atoms with Crippen molar-refractivity contribution in [2.45, 2.75) is 13.8 Å². The van der Waals surface area contributed by atoms with E-state index in [1.807, 2.05) is 0 Å². The van der Waals surface area contributed by atoms with E-state index in [-0.39, 0.29) is 32.2 Å². The van der Waals surface area contributed by atoms with Gasteiger partial charge in [-0.15, -0.1) is 0 Å². The molecule has 0 spiro atoms. The van der Waals surface area contributed by atoms with Gasteiger partial charge in [0.15, 0.2) is 0 Å². The first-order valence-corrected chi connectivity index (χ1v) is 13.4. The van der Waals surface area contributed by atoms with E-state index in [4.69, 9.17) is 28.4 Å². The zero-order valence-electron chi connectivity index (χ0n) is 24.4. The van der Waals surface area contributed by atoms with Crippen molar-refractivity contribution in [2.24, 2.45) is 0 Å². The van der Waals surface area contributed by atoms with Crippen molar-refractivity contribution >= 4 is 30.0 Å². The molecule has 0 aliphatic rings. The highest BCUT2D eigenvalue weighted by atomic mass is 16.6. The molecule has 0 radical (unpaired) electrons. The molecular weight excluding hydrogens is 568 g/mol. The van der Waals surface area contributed by atoms with Gasteiger partial charge in [0, 0.05) is 17.7 Å². The molecule has 0 saturated heterocycles. The zero-order chi connectivity index (χ0) is 31.9. The molecule has 0 atom stereocenters. The molecule has 0 aromatic heterocycles. The minimum Gasteiger partial charge on any atom is -0.490 e. The second-order valence-corrected chi connectivity index (χ2v) is 9.15. The Hall–Kier alpha value is -5.64. The van der Waals surface area contributed by atoms with Gasteiger partial charge in [-0.1, -0.05) is 25.3 Å². The van der Waals surface area contributed by atoms with Crippen molar-refractivity contribution in [3.05, 3.63) is 114 Å². The Morgan fingerprint density at radius 1 is 0.727 bits per heavy atom. The van der Waals surface area contributed by atoms with Crippen molar-refractivity contribution in [3.8, 4) is 23.0 Å². The van der Waals surface area contributed by atoms with Crippen LogP contribution in [0.5, 0.6) is 23.0 Å². The standard InChI is InChI=1S/C34H32O10/c1-5-31(35)41-20-18-39-27-11-6-25(7-12-27)8-17-32(36)44-30-16-15-29(22-24(30)4)43-34(38)26-9-13-28(14-10-26)40-19-21-42-33(37)23(2)3/h5-17,22H,1-2,18-21H2,3-4H3/b17-8+. The highest BCUT2D eigenvalue weighted by Gasteiger charge is 2.12.